The maximum Gasteiger partial charge on any atom is 0.250 e. The second-order valence-corrected chi connectivity index (χ2v) is 7.95. The van der Waals surface area contributed by atoms with Gasteiger partial charge in [-0.15, -0.1) is 0 Å². The summed E-state index contributed by atoms with van der Waals surface area (Å²) >= 11 is 4.86. The molecular weight excluding hydrogens is 440 g/mol. The highest BCUT2D eigenvalue weighted by molar-refractivity contribution is 9.10. The minimum Gasteiger partial charge on any atom is -0.496 e. The highest BCUT2D eigenvalue weighted by Gasteiger charge is 2.07. The van der Waals surface area contributed by atoms with Gasteiger partial charge in [0, 0.05) is 6.08 Å². The highest BCUT2D eigenvalue weighted by Crippen LogP contribution is 2.29. The van der Waals surface area contributed by atoms with Crippen LogP contribution < -0.4 is 14.8 Å². The number of halogens is 1. The molecule has 0 aliphatic carbocycles. The highest BCUT2D eigenvalue weighted by atomic mass is 79.9. The number of methoxy groups -OCH3 is 1. The van der Waals surface area contributed by atoms with Gasteiger partial charge in [-0.3, -0.25) is 10.1 Å². The van der Waals surface area contributed by atoms with E-state index in [1.807, 2.05) is 36.4 Å². The molecule has 7 heteroatoms. The van der Waals surface area contributed by atoms with E-state index in [0.29, 0.717) is 11.7 Å². The van der Waals surface area contributed by atoms with Crippen LogP contribution in [0.4, 0.5) is 5.13 Å². The van der Waals surface area contributed by atoms with Gasteiger partial charge >= 0.3 is 0 Å². The number of unbranched alkanes of at least 4 members (excludes halogenated alkanes) is 1. The van der Waals surface area contributed by atoms with Crippen LogP contribution in [-0.2, 0) is 4.79 Å². The molecule has 5 nitrogen and oxygen atoms in total. The van der Waals surface area contributed by atoms with Gasteiger partial charge in [-0.05, 0) is 64.3 Å². The Morgan fingerprint density at radius 3 is 2.89 bits per heavy atom. The summed E-state index contributed by atoms with van der Waals surface area (Å²) in [6, 6.07) is 11.4. The molecule has 0 aliphatic rings. The van der Waals surface area contributed by atoms with Crippen LogP contribution in [0.3, 0.4) is 0 Å². The van der Waals surface area contributed by atoms with Crippen molar-refractivity contribution in [1.82, 2.24) is 4.98 Å². The third kappa shape index (κ3) is 5.33. The average Bonchev–Trinajstić information content (AvgIpc) is 3.08. The summed E-state index contributed by atoms with van der Waals surface area (Å²) in [4.78, 5) is 16.7. The van der Waals surface area contributed by atoms with Gasteiger partial charge in [0.25, 0.3) is 0 Å². The van der Waals surface area contributed by atoms with Crippen molar-refractivity contribution in [2.45, 2.75) is 19.8 Å². The van der Waals surface area contributed by atoms with Crippen molar-refractivity contribution in [3.63, 3.8) is 0 Å². The molecule has 28 heavy (non-hydrogen) atoms. The number of thiazole rings is 1. The van der Waals surface area contributed by atoms with Crippen LogP contribution in [0, 0.1) is 0 Å². The molecule has 146 valence electrons. The van der Waals surface area contributed by atoms with Crippen molar-refractivity contribution in [2.24, 2.45) is 0 Å². The molecule has 3 aromatic rings. The molecule has 0 saturated carbocycles. The fraction of sp³-hybridized carbons (Fsp3) is 0.238. The van der Waals surface area contributed by atoms with E-state index in [1.165, 1.54) is 17.4 Å². The van der Waals surface area contributed by atoms with Crippen molar-refractivity contribution in [3.8, 4) is 11.5 Å². The Morgan fingerprint density at radius 2 is 2.14 bits per heavy atom. The Balaban J connectivity index is 1.64. The Morgan fingerprint density at radius 1 is 1.29 bits per heavy atom. The smallest absolute Gasteiger partial charge is 0.250 e. The molecule has 0 saturated heterocycles. The maximum atomic E-state index is 12.2. The van der Waals surface area contributed by atoms with E-state index in [4.69, 9.17) is 9.47 Å². The summed E-state index contributed by atoms with van der Waals surface area (Å²) in [7, 11) is 1.61. The molecule has 1 heterocycles. The van der Waals surface area contributed by atoms with Crippen LogP contribution in [0.15, 0.2) is 46.9 Å². The number of carbonyl (C=O) groups excluding carboxylic acids is 1. The lowest BCUT2D eigenvalue weighted by atomic mass is 10.2. The molecular formula is C21H21BrN2O3S. The van der Waals surface area contributed by atoms with Crippen molar-refractivity contribution < 1.29 is 14.3 Å². The number of fused-ring (bicyclic) bond motifs is 1. The third-order valence-corrected chi connectivity index (χ3v) is 5.51. The molecule has 1 amide bonds. The van der Waals surface area contributed by atoms with Gasteiger partial charge in [-0.2, -0.15) is 0 Å². The number of carbonyl (C=O) groups is 1. The van der Waals surface area contributed by atoms with Gasteiger partial charge in [-0.25, -0.2) is 4.98 Å². The number of hydrogen-bond acceptors (Lipinski definition) is 5. The van der Waals surface area contributed by atoms with Gasteiger partial charge in [0.05, 0.1) is 28.4 Å². The fourth-order valence-electron chi connectivity index (χ4n) is 2.49. The van der Waals surface area contributed by atoms with Crippen LogP contribution in [0.1, 0.15) is 25.3 Å². The summed E-state index contributed by atoms with van der Waals surface area (Å²) in [6.07, 6.45) is 5.35. The van der Waals surface area contributed by atoms with E-state index < -0.39 is 0 Å². The zero-order valence-corrected chi connectivity index (χ0v) is 18.1. The summed E-state index contributed by atoms with van der Waals surface area (Å²) in [6.45, 7) is 2.84. The number of aromatic nitrogens is 1. The van der Waals surface area contributed by atoms with Crippen molar-refractivity contribution >= 4 is 54.6 Å². The maximum absolute atomic E-state index is 12.2. The molecule has 0 fully saturated rings. The number of amides is 1. The Labute approximate surface area is 176 Å². The molecule has 0 bridgehead atoms. The van der Waals surface area contributed by atoms with Crippen LogP contribution in [-0.4, -0.2) is 24.6 Å². The number of nitrogens with zero attached hydrogens (tertiary/aromatic N) is 1. The van der Waals surface area contributed by atoms with E-state index in [2.05, 4.69) is 33.2 Å². The van der Waals surface area contributed by atoms with E-state index >= 15 is 0 Å². The first-order chi connectivity index (χ1) is 13.6. The fourth-order valence-corrected chi connectivity index (χ4v) is 3.94. The summed E-state index contributed by atoms with van der Waals surface area (Å²) in [5, 5.41) is 3.38. The van der Waals surface area contributed by atoms with Crippen molar-refractivity contribution in [1.29, 1.82) is 0 Å². The number of rotatable bonds is 8. The molecule has 2 aromatic carbocycles. The van der Waals surface area contributed by atoms with Crippen molar-refractivity contribution in [2.75, 3.05) is 19.0 Å². The van der Waals surface area contributed by atoms with Crippen molar-refractivity contribution in [3.05, 3.63) is 52.5 Å². The Bertz CT molecular complexity index is 1000. The van der Waals surface area contributed by atoms with Gasteiger partial charge < -0.3 is 9.47 Å². The standard InChI is InChI=1S/C21H21BrN2O3S/c1-3-4-11-27-15-7-8-17-19(13-15)28-21(23-17)24-20(25)10-6-14-5-9-18(26-2)16(22)12-14/h5-10,12-13H,3-4,11H2,1-2H3,(H,23,24,25)/b10-6+. The summed E-state index contributed by atoms with van der Waals surface area (Å²) < 4.78 is 12.7. The second-order valence-electron chi connectivity index (χ2n) is 6.07. The SMILES string of the molecule is CCCCOc1ccc2nc(NC(=O)/C=C/c3ccc(OC)c(Br)c3)sc2c1. The lowest BCUT2D eigenvalue weighted by Gasteiger charge is -2.04. The van der Waals surface area contributed by atoms with Gasteiger partial charge in [0.1, 0.15) is 11.5 Å². The van der Waals surface area contributed by atoms with Crippen LogP contribution in [0.5, 0.6) is 11.5 Å². The number of ether oxygens (including phenoxy) is 2. The Kier molecular flexibility index (Phi) is 7.06. The topological polar surface area (TPSA) is 60.5 Å². The molecule has 3 rings (SSSR count). The number of nitrogens with one attached hydrogen (secondary N) is 1. The van der Waals surface area contributed by atoms with E-state index in [1.54, 1.807) is 13.2 Å². The van der Waals surface area contributed by atoms with E-state index in [9.17, 15) is 4.79 Å². The largest absolute Gasteiger partial charge is 0.496 e. The molecule has 1 N–H and O–H groups in total. The molecule has 0 radical (unpaired) electrons. The number of benzene rings is 2. The third-order valence-electron chi connectivity index (χ3n) is 3.96. The summed E-state index contributed by atoms with van der Waals surface area (Å²) in [5.41, 5.74) is 1.73. The summed E-state index contributed by atoms with van der Waals surface area (Å²) in [5.74, 6) is 1.34. The molecule has 0 spiro atoms. The van der Waals surface area contributed by atoms with Crippen LogP contribution in [0.2, 0.25) is 0 Å². The first-order valence-electron chi connectivity index (χ1n) is 8.95. The first-order valence-corrected chi connectivity index (χ1v) is 10.6. The minimum atomic E-state index is -0.231. The number of hydrogen-bond donors (Lipinski definition) is 1. The van der Waals surface area contributed by atoms with E-state index in [0.717, 1.165) is 44.6 Å². The minimum absolute atomic E-state index is 0.231. The van der Waals surface area contributed by atoms with Gasteiger partial charge in [-0.1, -0.05) is 30.7 Å². The second kappa shape index (κ2) is 9.71. The van der Waals surface area contributed by atoms with Gasteiger partial charge in [0.15, 0.2) is 5.13 Å². The lowest BCUT2D eigenvalue weighted by Crippen LogP contribution is -2.07. The lowest BCUT2D eigenvalue weighted by molar-refractivity contribution is -0.111. The zero-order chi connectivity index (χ0) is 19.9. The molecule has 0 atom stereocenters. The molecule has 0 unspecified atom stereocenters. The molecule has 0 aliphatic heterocycles. The quantitative estimate of drug-likeness (QED) is 0.335. The average molecular weight is 461 g/mol. The van der Waals surface area contributed by atoms with Gasteiger partial charge in [0.2, 0.25) is 5.91 Å². The monoisotopic (exact) mass is 460 g/mol. The molecule has 1 aromatic heterocycles. The van der Waals surface area contributed by atoms with Crippen LogP contribution >= 0.6 is 27.3 Å². The Hall–Kier alpha value is -2.38. The van der Waals surface area contributed by atoms with E-state index in [-0.39, 0.29) is 5.91 Å². The first kappa shape index (κ1) is 20.4. The normalized spacial score (nSPS) is 11.1. The predicted molar refractivity (Wildman–Crippen MR) is 118 cm³/mol. The predicted octanol–water partition coefficient (Wildman–Crippen LogP) is 5.90. The zero-order valence-electron chi connectivity index (χ0n) is 15.7. The van der Waals surface area contributed by atoms with Crippen LogP contribution in [0.25, 0.3) is 16.3 Å². The number of anilines is 1.